The van der Waals surface area contributed by atoms with Crippen LogP contribution in [0.3, 0.4) is 0 Å². The van der Waals surface area contributed by atoms with Crippen LogP contribution in [0.25, 0.3) is 0 Å². The number of nitrogens with one attached hydrogen (secondary N) is 1. The van der Waals surface area contributed by atoms with Crippen LogP contribution in [0.1, 0.15) is 26.0 Å². The molecular weight excluding hydrogens is 254 g/mol. The Morgan fingerprint density at radius 3 is 2.60 bits per heavy atom. The lowest BCUT2D eigenvalue weighted by Crippen LogP contribution is -2.48. The van der Waals surface area contributed by atoms with Crippen molar-refractivity contribution in [2.75, 3.05) is 42.9 Å². The highest BCUT2D eigenvalue weighted by atomic mass is 16.2. The van der Waals surface area contributed by atoms with Crippen LogP contribution >= 0.6 is 0 Å². The fourth-order valence-corrected chi connectivity index (χ4v) is 2.28. The normalized spacial score (nSPS) is 15.3. The van der Waals surface area contributed by atoms with Gasteiger partial charge in [-0.15, -0.1) is 0 Å². The third-order valence-electron chi connectivity index (χ3n) is 3.42. The number of anilines is 2. The first-order valence-electron chi connectivity index (χ1n) is 7.20. The van der Waals surface area contributed by atoms with Gasteiger partial charge in [0, 0.05) is 51.4 Å². The minimum absolute atomic E-state index is 0.147. The number of piperazine rings is 1. The van der Waals surface area contributed by atoms with E-state index in [1.807, 2.05) is 17.9 Å². The van der Waals surface area contributed by atoms with Gasteiger partial charge in [0.2, 0.25) is 11.9 Å². The minimum Gasteiger partial charge on any atom is -0.354 e. The van der Waals surface area contributed by atoms with Crippen LogP contribution in [0.2, 0.25) is 0 Å². The summed E-state index contributed by atoms with van der Waals surface area (Å²) in [5, 5.41) is 3.23. The van der Waals surface area contributed by atoms with Gasteiger partial charge >= 0.3 is 0 Å². The first-order chi connectivity index (χ1) is 9.60. The van der Waals surface area contributed by atoms with E-state index >= 15 is 0 Å². The molecular formula is C14H23N5O. The number of nitrogens with zero attached hydrogens (tertiary/aromatic N) is 4. The Morgan fingerprint density at radius 1 is 1.30 bits per heavy atom. The number of carbonyl (C=O) groups is 1. The minimum atomic E-state index is 0.147. The summed E-state index contributed by atoms with van der Waals surface area (Å²) in [6, 6.07) is 2.00. The summed E-state index contributed by atoms with van der Waals surface area (Å²) >= 11 is 0. The number of amides is 1. The molecule has 1 aliphatic heterocycles. The SMILES string of the molecule is CCCNc1nc(C)cc(N2CCN(C(C)=O)CC2)n1. The fraction of sp³-hybridized carbons (Fsp3) is 0.643. The van der Waals surface area contributed by atoms with E-state index in [-0.39, 0.29) is 5.91 Å². The van der Waals surface area contributed by atoms with Gasteiger partial charge in [-0.1, -0.05) is 6.92 Å². The monoisotopic (exact) mass is 277 g/mol. The molecule has 20 heavy (non-hydrogen) atoms. The molecule has 1 fully saturated rings. The summed E-state index contributed by atoms with van der Waals surface area (Å²) in [5.74, 6) is 1.78. The van der Waals surface area contributed by atoms with Gasteiger partial charge in [0.1, 0.15) is 5.82 Å². The van der Waals surface area contributed by atoms with Gasteiger partial charge in [0.25, 0.3) is 0 Å². The predicted octanol–water partition coefficient (Wildman–Crippen LogP) is 1.28. The number of rotatable bonds is 4. The van der Waals surface area contributed by atoms with Crippen molar-refractivity contribution < 1.29 is 4.79 Å². The Morgan fingerprint density at radius 2 is 2.00 bits per heavy atom. The summed E-state index contributed by atoms with van der Waals surface area (Å²) in [4.78, 5) is 24.4. The quantitative estimate of drug-likeness (QED) is 0.898. The average Bonchev–Trinajstić information content (AvgIpc) is 2.44. The molecule has 1 aliphatic rings. The van der Waals surface area contributed by atoms with Gasteiger partial charge < -0.3 is 15.1 Å². The number of hydrogen-bond donors (Lipinski definition) is 1. The van der Waals surface area contributed by atoms with E-state index in [1.165, 1.54) is 0 Å². The standard InChI is InChI=1S/C14H23N5O/c1-4-5-15-14-16-11(2)10-13(17-14)19-8-6-18(7-9-19)12(3)20/h10H,4-9H2,1-3H3,(H,15,16,17). The van der Waals surface area contributed by atoms with Gasteiger partial charge in [-0.05, 0) is 13.3 Å². The zero-order valence-electron chi connectivity index (χ0n) is 12.5. The Kier molecular flexibility index (Phi) is 4.76. The van der Waals surface area contributed by atoms with E-state index in [0.29, 0.717) is 5.95 Å². The third kappa shape index (κ3) is 3.59. The van der Waals surface area contributed by atoms with E-state index < -0.39 is 0 Å². The maximum absolute atomic E-state index is 11.3. The molecule has 0 radical (unpaired) electrons. The molecule has 6 heteroatoms. The summed E-state index contributed by atoms with van der Waals surface area (Å²) in [7, 11) is 0. The first kappa shape index (κ1) is 14.6. The number of aryl methyl sites for hydroxylation is 1. The molecule has 1 aromatic rings. The molecule has 0 bridgehead atoms. The van der Waals surface area contributed by atoms with Gasteiger partial charge in [0.15, 0.2) is 0 Å². The van der Waals surface area contributed by atoms with Gasteiger partial charge in [-0.25, -0.2) is 4.98 Å². The second-order valence-electron chi connectivity index (χ2n) is 5.11. The van der Waals surface area contributed by atoms with Crippen molar-refractivity contribution in [3.05, 3.63) is 11.8 Å². The highest BCUT2D eigenvalue weighted by Gasteiger charge is 2.20. The van der Waals surface area contributed by atoms with Crippen LogP contribution in [0, 0.1) is 6.92 Å². The molecule has 1 amide bonds. The zero-order chi connectivity index (χ0) is 14.5. The van der Waals surface area contributed by atoms with E-state index in [4.69, 9.17) is 0 Å². The van der Waals surface area contributed by atoms with Crippen molar-refractivity contribution in [2.45, 2.75) is 27.2 Å². The molecule has 110 valence electrons. The van der Waals surface area contributed by atoms with E-state index in [1.54, 1.807) is 6.92 Å². The van der Waals surface area contributed by atoms with Gasteiger partial charge in [-0.3, -0.25) is 4.79 Å². The lowest BCUT2D eigenvalue weighted by molar-refractivity contribution is -0.129. The van der Waals surface area contributed by atoms with Crippen LogP contribution < -0.4 is 10.2 Å². The molecule has 1 N–H and O–H groups in total. The van der Waals surface area contributed by atoms with Gasteiger partial charge in [-0.2, -0.15) is 4.98 Å². The molecule has 0 aliphatic carbocycles. The smallest absolute Gasteiger partial charge is 0.224 e. The molecule has 0 atom stereocenters. The highest BCUT2D eigenvalue weighted by molar-refractivity contribution is 5.73. The fourth-order valence-electron chi connectivity index (χ4n) is 2.28. The predicted molar refractivity (Wildman–Crippen MR) is 80.0 cm³/mol. The Labute approximate surface area is 120 Å². The van der Waals surface area contributed by atoms with E-state index in [9.17, 15) is 4.79 Å². The van der Waals surface area contributed by atoms with Crippen LogP contribution in [-0.2, 0) is 4.79 Å². The topological polar surface area (TPSA) is 61.4 Å². The summed E-state index contributed by atoms with van der Waals surface area (Å²) < 4.78 is 0. The molecule has 2 rings (SSSR count). The van der Waals surface area contributed by atoms with Crippen molar-refractivity contribution >= 4 is 17.7 Å². The number of hydrogen-bond acceptors (Lipinski definition) is 5. The lowest BCUT2D eigenvalue weighted by atomic mass is 10.3. The van der Waals surface area contributed by atoms with Crippen LogP contribution in [0.4, 0.5) is 11.8 Å². The van der Waals surface area contributed by atoms with Crippen LogP contribution in [0.15, 0.2) is 6.07 Å². The Balaban J connectivity index is 2.05. The van der Waals surface area contributed by atoms with Crippen molar-refractivity contribution in [1.29, 1.82) is 0 Å². The van der Waals surface area contributed by atoms with Crippen LogP contribution in [0.5, 0.6) is 0 Å². The maximum Gasteiger partial charge on any atom is 0.224 e. The average molecular weight is 277 g/mol. The summed E-state index contributed by atoms with van der Waals surface area (Å²) in [6.07, 6.45) is 1.05. The molecule has 2 heterocycles. The molecule has 1 saturated heterocycles. The molecule has 0 unspecified atom stereocenters. The van der Waals surface area contributed by atoms with E-state index in [0.717, 1.165) is 50.7 Å². The largest absolute Gasteiger partial charge is 0.354 e. The summed E-state index contributed by atoms with van der Waals surface area (Å²) in [6.45, 7) is 9.76. The molecule has 6 nitrogen and oxygen atoms in total. The number of carbonyl (C=O) groups excluding carboxylic acids is 1. The summed E-state index contributed by atoms with van der Waals surface area (Å²) in [5.41, 5.74) is 0.961. The number of aromatic nitrogens is 2. The molecule has 1 aromatic heterocycles. The maximum atomic E-state index is 11.3. The third-order valence-corrected chi connectivity index (χ3v) is 3.42. The van der Waals surface area contributed by atoms with Crippen molar-refractivity contribution in [3.8, 4) is 0 Å². The van der Waals surface area contributed by atoms with Gasteiger partial charge in [0.05, 0.1) is 0 Å². The van der Waals surface area contributed by atoms with E-state index in [2.05, 4.69) is 27.1 Å². The highest BCUT2D eigenvalue weighted by Crippen LogP contribution is 2.17. The molecule has 0 spiro atoms. The van der Waals surface area contributed by atoms with Crippen molar-refractivity contribution in [3.63, 3.8) is 0 Å². The molecule has 0 saturated carbocycles. The lowest BCUT2D eigenvalue weighted by Gasteiger charge is -2.35. The second kappa shape index (κ2) is 6.54. The second-order valence-corrected chi connectivity index (χ2v) is 5.11. The Hall–Kier alpha value is -1.85. The molecule has 0 aromatic carbocycles. The van der Waals surface area contributed by atoms with Crippen LogP contribution in [-0.4, -0.2) is 53.5 Å². The first-order valence-corrected chi connectivity index (χ1v) is 7.20. The Bertz CT molecular complexity index is 469. The zero-order valence-corrected chi connectivity index (χ0v) is 12.5. The van der Waals surface area contributed by atoms with Crippen molar-refractivity contribution in [1.82, 2.24) is 14.9 Å². The van der Waals surface area contributed by atoms with Crippen molar-refractivity contribution in [2.24, 2.45) is 0 Å².